The molecule has 268 valence electrons. The van der Waals surface area contributed by atoms with Crippen molar-refractivity contribution < 1.29 is 24.1 Å². The van der Waals surface area contributed by atoms with Crippen molar-refractivity contribution in [2.45, 2.75) is 45.9 Å². The smallest absolute Gasteiger partial charge is 0.307 e. The molecule has 5 aromatic rings. The first-order chi connectivity index (χ1) is 25.2. The van der Waals surface area contributed by atoms with Crippen LogP contribution in [0.4, 0.5) is 15.9 Å². The zero-order valence-electron chi connectivity index (χ0n) is 29.8. The van der Waals surface area contributed by atoms with Gasteiger partial charge in [-0.2, -0.15) is 0 Å². The molecule has 9 nitrogen and oxygen atoms in total. The number of carboxylic acid groups (broad SMARTS) is 1. The Morgan fingerprint density at radius 1 is 0.962 bits per heavy atom. The lowest BCUT2D eigenvalue weighted by Gasteiger charge is -2.18. The fourth-order valence-electron chi connectivity index (χ4n) is 7.45. The molecule has 52 heavy (non-hydrogen) atoms. The van der Waals surface area contributed by atoms with Crippen molar-refractivity contribution in [2.24, 2.45) is 5.92 Å². The summed E-state index contributed by atoms with van der Waals surface area (Å²) in [6.45, 7) is 8.14. The lowest BCUT2D eigenvalue weighted by Crippen LogP contribution is -2.22. The minimum atomic E-state index is -0.732. The number of aliphatic hydroxyl groups excluding tert-OH is 1. The summed E-state index contributed by atoms with van der Waals surface area (Å²) in [5.74, 6) is -0.125. The number of benzene rings is 3. The second-order valence-electron chi connectivity index (χ2n) is 14.0. The number of halogens is 1. The van der Waals surface area contributed by atoms with E-state index < -0.39 is 5.97 Å². The molecule has 0 radical (unpaired) electrons. The number of aromatic nitrogens is 2. The molecule has 0 spiro atoms. The van der Waals surface area contributed by atoms with E-state index in [4.69, 9.17) is 9.72 Å². The minimum absolute atomic E-state index is 0.302. The first-order valence-electron chi connectivity index (χ1n) is 17.8. The molecule has 3 N–H and O–H groups in total. The Kier molecular flexibility index (Phi) is 10.3. The van der Waals surface area contributed by atoms with Gasteiger partial charge in [0.05, 0.1) is 19.1 Å². The van der Waals surface area contributed by atoms with Crippen molar-refractivity contribution in [3.05, 3.63) is 113 Å². The molecule has 2 aliphatic rings. The SMILES string of the molecule is COc1cc(/C(F)=C/c2cccc(-c3cccc(Nc4nccc5cc(CN6CC[C@@H](C(=O)O)C6)cnc45)c3C)c2C)ccc1CN1CC[C@@H](O)C1. The molecule has 4 heterocycles. The third kappa shape index (κ3) is 7.55. The van der Waals surface area contributed by atoms with E-state index in [1.807, 2.05) is 49.5 Å². The number of anilines is 2. The van der Waals surface area contributed by atoms with Crippen LogP contribution in [0.2, 0.25) is 0 Å². The molecular formula is C42H44FN5O4. The fraction of sp³-hybridized carbons (Fsp3) is 0.310. The number of aliphatic carboxylic acids is 1. The van der Waals surface area contributed by atoms with Crippen LogP contribution in [0.3, 0.4) is 0 Å². The number of carboxylic acids is 1. The number of ether oxygens (including phenoxy) is 1. The Hall–Kier alpha value is -5.16. The molecule has 3 aromatic carbocycles. The summed E-state index contributed by atoms with van der Waals surface area (Å²) in [5, 5.41) is 23.7. The van der Waals surface area contributed by atoms with Crippen molar-refractivity contribution in [1.29, 1.82) is 0 Å². The zero-order chi connectivity index (χ0) is 36.4. The van der Waals surface area contributed by atoms with Gasteiger partial charge in [-0.05, 0) is 97.0 Å². The van der Waals surface area contributed by atoms with Crippen LogP contribution < -0.4 is 10.1 Å². The number of hydrogen-bond acceptors (Lipinski definition) is 8. The van der Waals surface area contributed by atoms with Crippen LogP contribution in [0.25, 0.3) is 33.9 Å². The first-order valence-corrected chi connectivity index (χ1v) is 17.8. The van der Waals surface area contributed by atoms with Crippen molar-refractivity contribution in [2.75, 3.05) is 38.6 Å². The second kappa shape index (κ2) is 15.2. The number of methoxy groups -OCH3 is 1. The highest BCUT2D eigenvalue weighted by molar-refractivity contribution is 5.91. The number of likely N-dealkylation sites (tertiary alicyclic amines) is 2. The van der Waals surface area contributed by atoms with Crippen molar-refractivity contribution in [3.8, 4) is 16.9 Å². The summed E-state index contributed by atoms with van der Waals surface area (Å²) in [5.41, 5.74) is 8.87. The fourth-order valence-corrected chi connectivity index (χ4v) is 7.45. The van der Waals surface area contributed by atoms with Crippen molar-refractivity contribution in [3.63, 3.8) is 0 Å². The average Bonchev–Trinajstić information content (AvgIpc) is 3.79. The van der Waals surface area contributed by atoms with Crippen LogP contribution in [-0.4, -0.2) is 75.3 Å². The van der Waals surface area contributed by atoms with Crippen LogP contribution in [0.5, 0.6) is 5.75 Å². The number of nitrogens with zero attached hydrogens (tertiary/aromatic N) is 4. The van der Waals surface area contributed by atoms with Gasteiger partial charge in [-0.15, -0.1) is 0 Å². The Bertz CT molecular complexity index is 2150. The lowest BCUT2D eigenvalue weighted by molar-refractivity contribution is -0.141. The third-order valence-corrected chi connectivity index (χ3v) is 10.4. The van der Waals surface area contributed by atoms with Gasteiger partial charge < -0.3 is 20.3 Å². The van der Waals surface area contributed by atoms with Crippen LogP contribution in [-0.2, 0) is 17.9 Å². The minimum Gasteiger partial charge on any atom is -0.496 e. The summed E-state index contributed by atoms with van der Waals surface area (Å²) in [6, 6.07) is 21.5. The first kappa shape index (κ1) is 35.3. The standard InChI is InChI=1S/C42H44FN5O4/c1-26-29(19-37(43)30-10-11-32(39(20-30)52-3)23-48-17-14-34(49)25-48)6-4-7-35(26)36-8-5-9-38(27(36)2)46-41-40-31(12-15-44-41)18-28(21-45-40)22-47-16-13-33(24-47)42(50)51/h4-12,15,18-21,33-34,49H,13-14,16-17,22-25H2,1-3H3,(H,44,46)(H,50,51)/b37-19-/t33-,34-/m1/s1. The van der Waals surface area contributed by atoms with E-state index in [0.717, 1.165) is 75.0 Å². The molecule has 0 bridgehead atoms. The highest BCUT2D eigenvalue weighted by Crippen LogP contribution is 2.36. The van der Waals surface area contributed by atoms with Crippen molar-refractivity contribution in [1.82, 2.24) is 19.8 Å². The molecule has 0 saturated carbocycles. The predicted octanol–water partition coefficient (Wildman–Crippen LogP) is 7.61. The van der Waals surface area contributed by atoms with E-state index in [2.05, 4.69) is 45.2 Å². The molecule has 2 saturated heterocycles. The van der Waals surface area contributed by atoms with Gasteiger partial charge in [-0.3, -0.25) is 19.6 Å². The number of fused-ring (bicyclic) bond motifs is 1. The molecule has 2 aliphatic heterocycles. The second-order valence-corrected chi connectivity index (χ2v) is 14.0. The van der Waals surface area contributed by atoms with Gasteiger partial charge in [0, 0.05) is 67.3 Å². The topological polar surface area (TPSA) is 111 Å². The number of nitrogens with one attached hydrogen (secondary N) is 1. The molecule has 2 aromatic heterocycles. The summed E-state index contributed by atoms with van der Waals surface area (Å²) >= 11 is 0. The normalized spacial score (nSPS) is 18.3. The van der Waals surface area contributed by atoms with Crippen molar-refractivity contribution >= 4 is 40.3 Å². The van der Waals surface area contributed by atoms with Gasteiger partial charge in [-0.1, -0.05) is 42.5 Å². The third-order valence-electron chi connectivity index (χ3n) is 10.4. The van der Waals surface area contributed by atoms with E-state index in [1.165, 1.54) is 0 Å². The molecule has 0 unspecified atom stereocenters. The number of hydrogen-bond donors (Lipinski definition) is 3. The Balaban J connectivity index is 1.10. The maximum Gasteiger partial charge on any atom is 0.307 e. The summed E-state index contributed by atoms with van der Waals surface area (Å²) in [7, 11) is 1.60. The summed E-state index contributed by atoms with van der Waals surface area (Å²) in [4.78, 5) is 25.1. The van der Waals surface area contributed by atoms with Gasteiger partial charge in [0.15, 0.2) is 5.82 Å². The molecule has 0 aliphatic carbocycles. The van der Waals surface area contributed by atoms with E-state index in [9.17, 15) is 15.0 Å². The van der Waals surface area contributed by atoms with E-state index in [1.54, 1.807) is 31.5 Å². The number of β-amino-alcohol motifs (C(OH)–C–C–N with tert-alkyl or cyclic N) is 1. The van der Waals surface area contributed by atoms with Gasteiger partial charge in [-0.25, -0.2) is 9.37 Å². The number of carbonyl (C=O) groups is 1. The Morgan fingerprint density at radius 2 is 1.73 bits per heavy atom. The lowest BCUT2D eigenvalue weighted by atomic mass is 9.92. The number of aliphatic hydroxyl groups is 1. The van der Waals surface area contributed by atoms with Crippen LogP contribution >= 0.6 is 0 Å². The van der Waals surface area contributed by atoms with Gasteiger partial charge in [0.2, 0.25) is 0 Å². The number of pyridine rings is 2. The monoisotopic (exact) mass is 701 g/mol. The summed E-state index contributed by atoms with van der Waals surface area (Å²) < 4.78 is 21.5. The largest absolute Gasteiger partial charge is 0.496 e. The highest BCUT2D eigenvalue weighted by Gasteiger charge is 2.28. The van der Waals surface area contributed by atoms with Crippen LogP contribution in [0, 0.1) is 19.8 Å². The molecular weight excluding hydrogens is 657 g/mol. The highest BCUT2D eigenvalue weighted by atomic mass is 19.1. The van der Waals surface area contributed by atoms with Gasteiger partial charge in [0.25, 0.3) is 0 Å². The Labute approximate surface area is 303 Å². The molecule has 10 heteroatoms. The number of rotatable bonds is 11. The molecule has 2 atom stereocenters. The summed E-state index contributed by atoms with van der Waals surface area (Å²) in [6.07, 6.45) is 6.32. The van der Waals surface area contributed by atoms with E-state index >= 15 is 4.39 Å². The van der Waals surface area contributed by atoms with E-state index in [-0.39, 0.29) is 17.8 Å². The predicted molar refractivity (Wildman–Crippen MR) is 203 cm³/mol. The van der Waals surface area contributed by atoms with Crippen LogP contribution in [0.1, 0.15) is 46.2 Å². The molecule has 2 fully saturated rings. The maximum absolute atomic E-state index is 15.8. The Morgan fingerprint density at radius 3 is 2.48 bits per heavy atom. The van der Waals surface area contributed by atoms with Crippen LogP contribution in [0.15, 0.2) is 79.1 Å². The average molecular weight is 702 g/mol. The van der Waals surface area contributed by atoms with E-state index in [0.29, 0.717) is 49.7 Å². The quantitative estimate of drug-likeness (QED) is 0.120. The van der Waals surface area contributed by atoms with Gasteiger partial charge in [0.1, 0.15) is 17.1 Å². The molecule has 0 amide bonds. The molecule has 7 rings (SSSR count). The zero-order valence-corrected chi connectivity index (χ0v) is 29.8. The maximum atomic E-state index is 15.8. The van der Waals surface area contributed by atoms with Gasteiger partial charge >= 0.3 is 5.97 Å².